The Morgan fingerprint density at radius 1 is 1.03 bits per heavy atom. The summed E-state index contributed by atoms with van der Waals surface area (Å²) in [7, 11) is 0. The molecule has 0 aliphatic carbocycles. The van der Waals surface area contributed by atoms with Crippen LogP contribution in [0.5, 0.6) is 0 Å². The van der Waals surface area contributed by atoms with E-state index in [2.05, 4.69) is 15.5 Å². The zero-order chi connectivity index (χ0) is 23.4. The number of nitrogens with zero attached hydrogens (tertiary/aromatic N) is 2. The molecule has 33 heavy (non-hydrogen) atoms. The number of hydrogen-bond acceptors (Lipinski definition) is 6. The van der Waals surface area contributed by atoms with Crippen molar-refractivity contribution in [1.82, 2.24) is 10.2 Å². The zero-order valence-corrected chi connectivity index (χ0v) is 18.1. The summed E-state index contributed by atoms with van der Waals surface area (Å²) in [4.78, 5) is 24.2. The number of rotatable bonds is 6. The molecular formula is C24H17ClFN3O4. The largest absolute Gasteiger partial charge is 0.452 e. The van der Waals surface area contributed by atoms with Gasteiger partial charge in [0, 0.05) is 16.8 Å². The summed E-state index contributed by atoms with van der Waals surface area (Å²) >= 11 is 5.67. The quantitative estimate of drug-likeness (QED) is 0.388. The van der Waals surface area contributed by atoms with E-state index in [1.54, 1.807) is 12.1 Å². The third-order valence-corrected chi connectivity index (χ3v) is 5.00. The second-order valence-electron chi connectivity index (χ2n) is 7.06. The molecule has 3 aromatic carbocycles. The average molecular weight is 466 g/mol. The van der Waals surface area contributed by atoms with Crippen molar-refractivity contribution in [2.75, 3.05) is 11.9 Å². The Hall–Kier alpha value is -4.04. The van der Waals surface area contributed by atoms with Gasteiger partial charge in [-0.05, 0) is 61.0 Å². The summed E-state index contributed by atoms with van der Waals surface area (Å²) in [5, 5.41) is 10.5. The Morgan fingerprint density at radius 2 is 1.76 bits per heavy atom. The normalized spacial score (nSPS) is 10.6. The van der Waals surface area contributed by atoms with Gasteiger partial charge in [-0.1, -0.05) is 29.8 Å². The molecule has 0 aliphatic rings. The lowest BCUT2D eigenvalue weighted by Gasteiger charge is -2.07. The zero-order valence-electron chi connectivity index (χ0n) is 17.3. The second kappa shape index (κ2) is 9.62. The molecule has 4 aromatic rings. The Labute approximate surface area is 193 Å². The fraction of sp³-hybridized carbons (Fsp3) is 0.0833. The predicted molar refractivity (Wildman–Crippen MR) is 120 cm³/mol. The third-order valence-electron chi connectivity index (χ3n) is 4.71. The highest BCUT2D eigenvalue weighted by Gasteiger charge is 2.15. The molecule has 0 fully saturated rings. The highest BCUT2D eigenvalue weighted by Crippen LogP contribution is 2.26. The average Bonchev–Trinajstić information content (AvgIpc) is 3.30. The van der Waals surface area contributed by atoms with E-state index < -0.39 is 24.3 Å². The van der Waals surface area contributed by atoms with Crippen molar-refractivity contribution in [3.63, 3.8) is 0 Å². The van der Waals surface area contributed by atoms with E-state index in [-0.39, 0.29) is 16.3 Å². The van der Waals surface area contributed by atoms with Crippen LogP contribution in [0.4, 0.5) is 10.1 Å². The minimum atomic E-state index is -0.681. The lowest BCUT2D eigenvalue weighted by atomic mass is 10.1. The first-order chi connectivity index (χ1) is 15.9. The van der Waals surface area contributed by atoms with Gasteiger partial charge in [0.25, 0.3) is 5.91 Å². The number of carbonyl (C=O) groups excluding carboxylic acids is 2. The van der Waals surface area contributed by atoms with E-state index in [0.717, 1.165) is 17.2 Å². The monoisotopic (exact) mass is 465 g/mol. The van der Waals surface area contributed by atoms with Gasteiger partial charge >= 0.3 is 5.97 Å². The Morgan fingerprint density at radius 3 is 2.48 bits per heavy atom. The van der Waals surface area contributed by atoms with Crippen molar-refractivity contribution in [3.05, 3.63) is 88.7 Å². The maximum absolute atomic E-state index is 13.2. The molecule has 9 heteroatoms. The Balaban J connectivity index is 1.36. The molecule has 0 atom stereocenters. The van der Waals surface area contributed by atoms with Crippen LogP contribution in [0, 0.1) is 12.7 Å². The van der Waals surface area contributed by atoms with Crippen molar-refractivity contribution in [1.29, 1.82) is 0 Å². The highest BCUT2D eigenvalue weighted by molar-refractivity contribution is 6.31. The minimum Gasteiger partial charge on any atom is -0.452 e. The maximum Gasteiger partial charge on any atom is 0.338 e. The Kier molecular flexibility index (Phi) is 6.46. The van der Waals surface area contributed by atoms with Crippen molar-refractivity contribution >= 4 is 29.2 Å². The van der Waals surface area contributed by atoms with Gasteiger partial charge in [0.2, 0.25) is 11.8 Å². The second-order valence-corrected chi connectivity index (χ2v) is 7.47. The number of amides is 1. The summed E-state index contributed by atoms with van der Waals surface area (Å²) in [5.74, 6) is -1.15. The van der Waals surface area contributed by atoms with Crippen molar-refractivity contribution < 1.29 is 23.1 Å². The molecule has 0 unspecified atom stereocenters. The van der Waals surface area contributed by atoms with E-state index in [0.29, 0.717) is 17.3 Å². The molecule has 0 saturated heterocycles. The number of aryl methyl sites for hydroxylation is 1. The van der Waals surface area contributed by atoms with Crippen LogP contribution in [0.3, 0.4) is 0 Å². The number of esters is 1. The number of hydrogen-bond donors (Lipinski definition) is 1. The molecule has 7 nitrogen and oxygen atoms in total. The van der Waals surface area contributed by atoms with Crippen LogP contribution in [-0.2, 0) is 9.53 Å². The van der Waals surface area contributed by atoms with Gasteiger partial charge in [0.1, 0.15) is 5.82 Å². The highest BCUT2D eigenvalue weighted by atomic mass is 35.5. The van der Waals surface area contributed by atoms with Crippen LogP contribution in [-0.4, -0.2) is 28.7 Å². The number of halogens is 2. The number of anilines is 1. The van der Waals surface area contributed by atoms with Crippen LogP contribution in [0.15, 0.2) is 71.1 Å². The molecule has 0 saturated carbocycles. The number of aromatic nitrogens is 2. The SMILES string of the molecule is Cc1ccccc1-c1nnc(-c2ccc(C(=O)OCC(=O)Nc3ccc(F)c(Cl)c3)cc2)o1. The molecular weight excluding hydrogens is 449 g/mol. The summed E-state index contributed by atoms with van der Waals surface area (Å²) in [6.45, 7) is 1.44. The van der Waals surface area contributed by atoms with Gasteiger partial charge in [-0.25, -0.2) is 9.18 Å². The fourth-order valence-electron chi connectivity index (χ4n) is 3.00. The molecule has 1 aromatic heterocycles. The standard InChI is InChI=1S/C24H17ClFN3O4/c1-14-4-2-3-5-18(14)23-29-28-22(33-23)15-6-8-16(9-7-15)24(31)32-13-21(30)27-17-10-11-20(26)19(25)12-17/h2-12H,13H2,1H3,(H,27,30). The molecule has 166 valence electrons. The van der Waals surface area contributed by atoms with E-state index in [9.17, 15) is 14.0 Å². The lowest BCUT2D eigenvalue weighted by Crippen LogP contribution is -2.20. The van der Waals surface area contributed by atoms with E-state index >= 15 is 0 Å². The van der Waals surface area contributed by atoms with Gasteiger partial charge in [0.15, 0.2) is 6.61 Å². The Bertz CT molecular complexity index is 1320. The van der Waals surface area contributed by atoms with E-state index in [1.165, 1.54) is 24.3 Å². The van der Waals surface area contributed by atoms with E-state index in [4.69, 9.17) is 20.8 Å². The van der Waals surface area contributed by atoms with Gasteiger partial charge in [0.05, 0.1) is 10.6 Å². The summed E-state index contributed by atoms with van der Waals surface area (Å²) in [6.07, 6.45) is 0. The van der Waals surface area contributed by atoms with Crippen LogP contribution >= 0.6 is 11.6 Å². The number of benzene rings is 3. The maximum atomic E-state index is 13.2. The smallest absolute Gasteiger partial charge is 0.338 e. The van der Waals surface area contributed by atoms with Crippen LogP contribution in [0.1, 0.15) is 15.9 Å². The first-order valence-electron chi connectivity index (χ1n) is 9.82. The lowest BCUT2D eigenvalue weighted by molar-refractivity contribution is -0.119. The number of ether oxygens (including phenoxy) is 1. The summed E-state index contributed by atoms with van der Waals surface area (Å²) < 4.78 is 24.0. The predicted octanol–water partition coefficient (Wildman–Crippen LogP) is 5.30. The number of nitrogens with one attached hydrogen (secondary N) is 1. The van der Waals surface area contributed by atoms with Crippen LogP contribution in [0.2, 0.25) is 5.02 Å². The first-order valence-corrected chi connectivity index (χ1v) is 10.2. The molecule has 0 bridgehead atoms. The van der Waals surface area contributed by atoms with Gasteiger partial charge in [-0.3, -0.25) is 4.79 Å². The summed E-state index contributed by atoms with van der Waals surface area (Å²) in [5.41, 5.74) is 3.02. The van der Waals surface area contributed by atoms with Gasteiger partial charge in [-0.15, -0.1) is 10.2 Å². The van der Waals surface area contributed by atoms with Crippen molar-refractivity contribution in [2.45, 2.75) is 6.92 Å². The molecule has 1 N–H and O–H groups in total. The van der Waals surface area contributed by atoms with Crippen molar-refractivity contribution in [3.8, 4) is 22.9 Å². The van der Waals surface area contributed by atoms with Crippen LogP contribution < -0.4 is 5.32 Å². The number of carbonyl (C=O) groups is 2. The van der Waals surface area contributed by atoms with Gasteiger partial charge in [-0.2, -0.15) is 0 Å². The molecule has 1 amide bonds. The van der Waals surface area contributed by atoms with Crippen LogP contribution in [0.25, 0.3) is 22.9 Å². The molecule has 0 spiro atoms. The first kappa shape index (κ1) is 22.2. The minimum absolute atomic E-state index is 0.128. The fourth-order valence-corrected chi connectivity index (χ4v) is 3.18. The molecule has 1 heterocycles. The summed E-state index contributed by atoms with van der Waals surface area (Å²) in [6, 6.07) is 17.8. The van der Waals surface area contributed by atoms with Crippen molar-refractivity contribution in [2.24, 2.45) is 0 Å². The van der Waals surface area contributed by atoms with Gasteiger partial charge < -0.3 is 14.5 Å². The molecule has 4 rings (SSSR count). The third kappa shape index (κ3) is 5.24. The molecule has 0 aliphatic heterocycles. The topological polar surface area (TPSA) is 94.3 Å². The molecule has 0 radical (unpaired) electrons. The van der Waals surface area contributed by atoms with E-state index in [1.807, 2.05) is 31.2 Å².